The van der Waals surface area contributed by atoms with Crippen LogP contribution in [0.3, 0.4) is 0 Å². The van der Waals surface area contributed by atoms with Crippen LogP contribution < -0.4 is 0 Å². The number of halogens is 2. The Morgan fingerprint density at radius 2 is 2.12 bits per heavy atom. The van der Waals surface area contributed by atoms with E-state index in [0.717, 1.165) is 19.8 Å². The van der Waals surface area contributed by atoms with Gasteiger partial charge in [-0.25, -0.2) is 0 Å². The number of carbonyl (C=O) groups is 1. The van der Waals surface area contributed by atoms with E-state index in [9.17, 15) is 4.79 Å². The fourth-order valence-corrected chi connectivity index (χ4v) is 2.91. The molecular formula is C13H10BrClOS. The largest absolute Gasteiger partial charge is 0.293 e. The lowest BCUT2D eigenvalue weighted by molar-refractivity contribution is 0.0992. The lowest BCUT2D eigenvalue weighted by Crippen LogP contribution is -1.90. The Balaban J connectivity index is 2.37. The number of thiophene rings is 1. The molecule has 0 atom stereocenters. The second-order valence-electron chi connectivity index (χ2n) is 3.57. The van der Waals surface area contributed by atoms with Crippen LogP contribution in [0, 0.1) is 0 Å². The molecule has 0 saturated carbocycles. The van der Waals surface area contributed by atoms with E-state index < -0.39 is 0 Å². The van der Waals surface area contributed by atoms with Crippen LogP contribution in [-0.2, 0) is 0 Å². The molecule has 1 heterocycles. The van der Waals surface area contributed by atoms with Gasteiger partial charge in [-0.3, -0.25) is 4.79 Å². The smallest absolute Gasteiger partial charge is 0.172 e. The lowest BCUT2D eigenvalue weighted by atomic mass is 10.2. The molecule has 0 amide bonds. The number of ketones is 1. The molecular weight excluding hydrogens is 320 g/mol. The van der Waals surface area contributed by atoms with Crippen LogP contribution in [0.5, 0.6) is 0 Å². The Kier molecular flexibility index (Phi) is 4.02. The second kappa shape index (κ2) is 5.34. The van der Waals surface area contributed by atoms with Gasteiger partial charge in [-0.1, -0.05) is 24.6 Å². The van der Waals surface area contributed by atoms with Gasteiger partial charge < -0.3 is 0 Å². The first-order valence-corrected chi connectivity index (χ1v) is 7.19. The molecule has 4 heteroatoms. The number of carbonyl (C=O) groups excluding carboxylic acids is 1. The fraction of sp³-hybridized carbons (Fsp3) is 0.154. The average Bonchev–Trinajstić information content (AvgIpc) is 2.81. The van der Waals surface area contributed by atoms with Crippen molar-refractivity contribution in [3.8, 4) is 10.4 Å². The molecule has 0 unspecified atom stereocenters. The Bertz CT molecular complexity index is 562. The van der Waals surface area contributed by atoms with Crippen molar-refractivity contribution in [2.45, 2.75) is 13.3 Å². The van der Waals surface area contributed by atoms with Gasteiger partial charge in [-0.05, 0) is 45.8 Å². The molecule has 0 aliphatic rings. The normalized spacial score (nSPS) is 10.5. The molecule has 0 N–H and O–H groups in total. The number of Topliss-reactive ketones (excluding diaryl/α,β-unsaturated/α-hetero) is 1. The maximum Gasteiger partial charge on any atom is 0.172 e. The highest BCUT2D eigenvalue weighted by Crippen LogP contribution is 2.33. The van der Waals surface area contributed by atoms with E-state index in [1.807, 2.05) is 37.3 Å². The SMILES string of the molecule is CCC(=O)c1ccc(-c2ccc(Br)c(Cl)c2)s1. The highest BCUT2D eigenvalue weighted by atomic mass is 79.9. The highest BCUT2D eigenvalue weighted by Gasteiger charge is 2.09. The summed E-state index contributed by atoms with van der Waals surface area (Å²) < 4.78 is 0.879. The summed E-state index contributed by atoms with van der Waals surface area (Å²) in [7, 11) is 0. The van der Waals surface area contributed by atoms with Gasteiger partial charge in [0.15, 0.2) is 5.78 Å². The molecule has 0 saturated heterocycles. The number of hydrogen-bond acceptors (Lipinski definition) is 2. The second-order valence-corrected chi connectivity index (χ2v) is 5.91. The minimum absolute atomic E-state index is 0.185. The minimum atomic E-state index is 0.185. The zero-order valence-corrected chi connectivity index (χ0v) is 12.3. The van der Waals surface area contributed by atoms with Crippen LogP contribution >= 0.6 is 38.9 Å². The Hall–Kier alpha value is -0.640. The molecule has 0 aliphatic carbocycles. The summed E-state index contributed by atoms with van der Waals surface area (Å²) in [6.45, 7) is 1.87. The number of benzene rings is 1. The number of rotatable bonds is 3. The van der Waals surface area contributed by atoms with Crippen LogP contribution in [0.2, 0.25) is 5.02 Å². The first-order chi connectivity index (χ1) is 8.11. The molecule has 88 valence electrons. The molecule has 0 spiro atoms. The van der Waals surface area contributed by atoms with Gasteiger partial charge in [0.05, 0.1) is 9.90 Å². The fourth-order valence-electron chi connectivity index (χ4n) is 1.47. The maximum atomic E-state index is 11.6. The van der Waals surface area contributed by atoms with Crippen molar-refractivity contribution in [1.82, 2.24) is 0 Å². The maximum absolute atomic E-state index is 11.6. The Morgan fingerprint density at radius 1 is 1.35 bits per heavy atom. The monoisotopic (exact) mass is 328 g/mol. The Morgan fingerprint density at radius 3 is 2.76 bits per heavy atom. The molecule has 1 aromatic carbocycles. The molecule has 2 aromatic rings. The number of hydrogen-bond donors (Lipinski definition) is 0. The van der Waals surface area contributed by atoms with E-state index >= 15 is 0 Å². The summed E-state index contributed by atoms with van der Waals surface area (Å²) in [5.74, 6) is 0.185. The average molecular weight is 330 g/mol. The Labute approximate surface area is 118 Å². The molecule has 17 heavy (non-hydrogen) atoms. The molecule has 2 rings (SSSR count). The third kappa shape index (κ3) is 2.79. The highest BCUT2D eigenvalue weighted by molar-refractivity contribution is 9.10. The third-order valence-corrected chi connectivity index (χ3v) is 4.81. The predicted octanol–water partition coefficient (Wildman–Crippen LogP) is 5.42. The van der Waals surface area contributed by atoms with Crippen LogP contribution in [0.4, 0.5) is 0 Å². The molecule has 0 aliphatic heterocycles. The van der Waals surface area contributed by atoms with E-state index in [4.69, 9.17) is 11.6 Å². The van der Waals surface area contributed by atoms with E-state index in [2.05, 4.69) is 15.9 Å². The van der Waals surface area contributed by atoms with Gasteiger partial charge in [0.1, 0.15) is 0 Å². The van der Waals surface area contributed by atoms with E-state index in [1.165, 1.54) is 11.3 Å². The first kappa shape index (κ1) is 12.8. The summed E-state index contributed by atoms with van der Waals surface area (Å²) in [5.41, 5.74) is 1.04. The lowest BCUT2D eigenvalue weighted by Gasteiger charge is -2.00. The van der Waals surface area contributed by atoms with Crippen LogP contribution in [0.25, 0.3) is 10.4 Å². The van der Waals surface area contributed by atoms with E-state index in [1.54, 1.807) is 0 Å². The van der Waals surface area contributed by atoms with Gasteiger partial charge in [0.2, 0.25) is 0 Å². The van der Waals surface area contributed by atoms with Crippen molar-refractivity contribution in [3.05, 3.63) is 44.7 Å². The summed E-state index contributed by atoms with van der Waals surface area (Å²) in [6.07, 6.45) is 0.543. The molecule has 1 aromatic heterocycles. The van der Waals surface area contributed by atoms with Crippen molar-refractivity contribution >= 4 is 44.7 Å². The van der Waals surface area contributed by atoms with Crippen molar-refractivity contribution < 1.29 is 4.79 Å². The summed E-state index contributed by atoms with van der Waals surface area (Å²) >= 11 is 10.9. The standard InChI is InChI=1S/C13H10BrClOS/c1-2-11(16)13-6-5-12(17-13)8-3-4-9(14)10(15)7-8/h3-7H,2H2,1H3. The van der Waals surface area contributed by atoms with Crippen molar-refractivity contribution in [2.24, 2.45) is 0 Å². The molecule has 0 radical (unpaired) electrons. The third-order valence-electron chi connectivity index (χ3n) is 2.41. The summed E-state index contributed by atoms with van der Waals surface area (Å²) in [5, 5.41) is 0.680. The van der Waals surface area contributed by atoms with Crippen LogP contribution in [-0.4, -0.2) is 5.78 Å². The molecule has 0 bridgehead atoms. The topological polar surface area (TPSA) is 17.1 Å². The zero-order valence-electron chi connectivity index (χ0n) is 9.17. The quantitative estimate of drug-likeness (QED) is 0.687. The van der Waals surface area contributed by atoms with Gasteiger partial charge in [-0.15, -0.1) is 11.3 Å². The van der Waals surface area contributed by atoms with Crippen molar-refractivity contribution in [3.63, 3.8) is 0 Å². The van der Waals surface area contributed by atoms with Gasteiger partial charge in [0, 0.05) is 15.8 Å². The van der Waals surface area contributed by atoms with E-state index in [0.29, 0.717) is 11.4 Å². The first-order valence-electron chi connectivity index (χ1n) is 5.20. The van der Waals surface area contributed by atoms with Gasteiger partial charge in [-0.2, -0.15) is 0 Å². The van der Waals surface area contributed by atoms with Crippen LogP contribution in [0.1, 0.15) is 23.0 Å². The van der Waals surface area contributed by atoms with Gasteiger partial charge >= 0.3 is 0 Å². The molecule has 1 nitrogen and oxygen atoms in total. The minimum Gasteiger partial charge on any atom is -0.293 e. The van der Waals surface area contributed by atoms with Crippen molar-refractivity contribution in [2.75, 3.05) is 0 Å². The van der Waals surface area contributed by atoms with Crippen LogP contribution in [0.15, 0.2) is 34.8 Å². The van der Waals surface area contributed by atoms with Gasteiger partial charge in [0.25, 0.3) is 0 Å². The summed E-state index contributed by atoms with van der Waals surface area (Å²) in [4.78, 5) is 13.4. The predicted molar refractivity (Wildman–Crippen MR) is 77.1 cm³/mol. The van der Waals surface area contributed by atoms with E-state index in [-0.39, 0.29) is 5.78 Å². The van der Waals surface area contributed by atoms with Crippen molar-refractivity contribution in [1.29, 1.82) is 0 Å². The summed E-state index contributed by atoms with van der Waals surface area (Å²) in [6, 6.07) is 9.65. The molecule has 0 fully saturated rings. The zero-order chi connectivity index (χ0) is 12.4.